The topological polar surface area (TPSA) is 48.2 Å². The molecular formula is C14H17ClN2O2. The second-order valence-electron chi connectivity index (χ2n) is 5.46. The standard InChI is InChI=1S/C14H17ClN2O2/c1-9-7-10(5-6-11(9)15)18-8-12-16-13(17-19-12)14(2,3)4/h5-7H,8H2,1-4H3. The number of aromatic nitrogens is 2. The summed E-state index contributed by atoms with van der Waals surface area (Å²) in [6.45, 7) is 8.28. The fourth-order valence-electron chi connectivity index (χ4n) is 1.47. The molecule has 5 heteroatoms. The number of rotatable bonds is 3. The summed E-state index contributed by atoms with van der Waals surface area (Å²) in [7, 11) is 0. The monoisotopic (exact) mass is 280 g/mol. The molecule has 0 spiro atoms. The second kappa shape index (κ2) is 5.21. The Bertz CT molecular complexity index is 573. The Morgan fingerprint density at radius 2 is 2.05 bits per heavy atom. The van der Waals surface area contributed by atoms with Crippen LogP contribution in [0.3, 0.4) is 0 Å². The first-order valence-electron chi connectivity index (χ1n) is 6.08. The van der Waals surface area contributed by atoms with E-state index in [9.17, 15) is 0 Å². The Kier molecular flexibility index (Phi) is 3.80. The Morgan fingerprint density at radius 3 is 2.63 bits per heavy atom. The third kappa shape index (κ3) is 3.47. The van der Waals surface area contributed by atoms with E-state index >= 15 is 0 Å². The van der Waals surface area contributed by atoms with Gasteiger partial charge in [0.2, 0.25) is 0 Å². The van der Waals surface area contributed by atoms with E-state index in [0.29, 0.717) is 11.7 Å². The summed E-state index contributed by atoms with van der Waals surface area (Å²) in [5.41, 5.74) is 0.846. The van der Waals surface area contributed by atoms with Gasteiger partial charge in [0.25, 0.3) is 5.89 Å². The molecule has 0 atom stereocenters. The molecule has 0 aliphatic heterocycles. The first-order valence-corrected chi connectivity index (χ1v) is 6.46. The molecule has 2 rings (SSSR count). The van der Waals surface area contributed by atoms with Gasteiger partial charge in [0.15, 0.2) is 12.4 Å². The van der Waals surface area contributed by atoms with Gasteiger partial charge in [-0.1, -0.05) is 37.5 Å². The average Bonchev–Trinajstić information content (AvgIpc) is 2.79. The molecular weight excluding hydrogens is 264 g/mol. The molecule has 0 saturated carbocycles. The van der Waals surface area contributed by atoms with E-state index in [0.717, 1.165) is 16.3 Å². The first-order chi connectivity index (χ1) is 8.86. The number of nitrogens with zero attached hydrogens (tertiary/aromatic N) is 2. The van der Waals surface area contributed by atoms with Crippen molar-refractivity contribution in [2.24, 2.45) is 0 Å². The van der Waals surface area contributed by atoms with Crippen molar-refractivity contribution in [2.75, 3.05) is 0 Å². The van der Waals surface area contributed by atoms with Gasteiger partial charge in [-0.25, -0.2) is 0 Å². The van der Waals surface area contributed by atoms with Crippen molar-refractivity contribution < 1.29 is 9.26 Å². The molecule has 2 aromatic rings. The molecule has 19 heavy (non-hydrogen) atoms. The molecule has 0 bridgehead atoms. The van der Waals surface area contributed by atoms with E-state index in [-0.39, 0.29) is 12.0 Å². The zero-order valence-electron chi connectivity index (χ0n) is 11.5. The molecule has 1 heterocycles. The molecule has 0 saturated heterocycles. The maximum Gasteiger partial charge on any atom is 0.264 e. The van der Waals surface area contributed by atoms with Crippen molar-refractivity contribution in [3.63, 3.8) is 0 Å². The molecule has 4 nitrogen and oxygen atoms in total. The van der Waals surface area contributed by atoms with Gasteiger partial charge in [-0.3, -0.25) is 0 Å². The molecule has 102 valence electrons. The number of benzene rings is 1. The summed E-state index contributed by atoms with van der Waals surface area (Å²) >= 11 is 5.95. The fourth-order valence-corrected chi connectivity index (χ4v) is 1.59. The van der Waals surface area contributed by atoms with Crippen molar-refractivity contribution >= 4 is 11.6 Å². The molecule has 0 aliphatic carbocycles. The zero-order valence-corrected chi connectivity index (χ0v) is 12.3. The van der Waals surface area contributed by atoms with Crippen LogP contribution in [0.15, 0.2) is 22.7 Å². The van der Waals surface area contributed by atoms with Gasteiger partial charge in [-0.05, 0) is 30.7 Å². The summed E-state index contributed by atoms with van der Waals surface area (Å²) < 4.78 is 10.8. The average molecular weight is 281 g/mol. The highest BCUT2D eigenvalue weighted by molar-refractivity contribution is 6.31. The van der Waals surface area contributed by atoms with Crippen molar-refractivity contribution in [2.45, 2.75) is 39.7 Å². The molecule has 0 fully saturated rings. The van der Waals surface area contributed by atoms with Crippen LogP contribution in [-0.2, 0) is 12.0 Å². The van der Waals surface area contributed by atoms with Crippen molar-refractivity contribution in [1.82, 2.24) is 10.1 Å². The second-order valence-corrected chi connectivity index (χ2v) is 5.87. The molecule has 1 aromatic heterocycles. The van der Waals surface area contributed by atoms with Gasteiger partial charge in [0.1, 0.15) is 5.75 Å². The minimum absolute atomic E-state index is 0.126. The third-order valence-electron chi connectivity index (χ3n) is 2.63. The minimum Gasteiger partial charge on any atom is -0.484 e. The maximum atomic E-state index is 5.95. The smallest absolute Gasteiger partial charge is 0.264 e. The summed E-state index contributed by atoms with van der Waals surface area (Å²) in [6, 6.07) is 5.50. The van der Waals surface area contributed by atoms with Gasteiger partial charge in [-0.2, -0.15) is 4.98 Å². The predicted molar refractivity (Wildman–Crippen MR) is 73.5 cm³/mol. The van der Waals surface area contributed by atoms with Gasteiger partial charge in [-0.15, -0.1) is 0 Å². The predicted octanol–water partition coefficient (Wildman–Crippen LogP) is 3.91. The van der Waals surface area contributed by atoms with E-state index < -0.39 is 0 Å². The van der Waals surface area contributed by atoms with Crippen LogP contribution in [0.1, 0.15) is 38.0 Å². The lowest BCUT2D eigenvalue weighted by Gasteiger charge is -2.10. The highest BCUT2D eigenvalue weighted by Gasteiger charge is 2.20. The number of ether oxygens (including phenoxy) is 1. The molecule has 1 aromatic carbocycles. The van der Waals surface area contributed by atoms with Crippen LogP contribution >= 0.6 is 11.6 Å². The number of hydrogen-bond donors (Lipinski definition) is 0. The quantitative estimate of drug-likeness (QED) is 0.855. The number of hydrogen-bond acceptors (Lipinski definition) is 4. The van der Waals surface area contributed by atoms with Crippen LogP contribution in [0.5, 0.6) is 5.75 Å². The summed E-state index contributed by atoms with van der Waals surface area (Å²) in [5.74, 6) is 1.88. The highest BCUT2D eigenvalue weighted by atomic mass is 35.5. The fraction of sp³-hybridized carbons (Fsp3) is 0.429. The summed E-state index contributed by atoms with van der Waals surface area (Å²) in [6.07, 6.45) is 0. The Morgan fingerprint density at radius 1 is 1.32 bits per heavy atom. The Hall–Kier alpha value is -1.55. The van der Waals surface area contributed by atoms with Crippen molar-refractivity contribution in [1.29, 1.82) is 0 Å². The van der Waals surface area contributed by atoms with Crippen LogP contribution in [0.4, 0.5) is 0 Å². The van der Waals surface area contributed by atoms with Crippen LogP contribution < -0.4 is 4.74 Å². The van der Waals surface area contributed by atoms with E-state index in [4.69, 9.17) is 20.9 Å². The van der Waals surface area contributed by atoms with Crippen molar-refractivity contribution in [3.05, 3.63) is 40.5 Å². The van der Waals surface area contributed by atoms with E-state index in [2.05, 4.69) is 10.1 Å². The Labute approximate surface area is 117 Å². The van der Waals surface area contributed by atoms with E-state index in [1.165, 1.54) is 0 Å². The minimum atomic E-state index is -0.126. The SMILES string of the molecule is Cc1cc(OCc2nc(C(C)(C)C)no2)ccc1Cl. The van der Waals surface area contributed by atoms with Crippen LogP contribution in [-0.4, -0.2) is 10.1 Å². The summed E-state index contributed by atoms with van der Waals surface area (Å²) in [5, 5.41) is 4.67. The lowest BCUT2D eigenvalue weighted by atomic mass is 9.96. The Balaban J connectivity index is 2.02. The normalized spacial score (nSPS) is 11.6. The van der Waals surface area contributed by atoms with Gasteiger partial charge in [0.05, 0.1) is 0 Å². The highest BCUT2D eigenvalue weighted by Crippen LogP contribution is 2.22. The third-order valence-corrected chi connectivity index (χ3v) is 3.05. The van der Waals surface area contributed by atoms with Crippen molar-refractivity contribution in [3.8, 4) is 5.75 Å². The first kappa shape index (κ1) is 13.9. The van der Waals surface area contributed by atoms with Crippen LogP contribution in [0.2, 0.25) is 5.02 Å². The van der Waals surface area contributed by atoms with Crippen LogP contribution in [0.25, 0.3) is 0 Å². The molecule has 0 aliphatic rings. The lowest BCUT2D eigenvalue weighted by Crippen LogP contribution is -2.13. The summed E-state index contributed by atoms with van der Waals surface area (Å²) in [4.78, 5) is 4.31. The molecule has 0 N–H and O–H groups in total. The van der Waals surface area contributed by atoms with Gasteiger partial charge < -0.3 is 9.26 Å². The lowest BCUT2D eigenvalue weighted by molar-refractivity contribution is 0.242. The maximum absolute atomic E-state index is 5.95. The number of halogens is 1. The molecule has 0 amide bonds. The van der Waals surface area contributed by atoms with E-state index in [1.807, 2.05) is 39.8 Å². The van der Waals surface area contributed by atoms with Gasteiger partial charge >= 0.3 is 0 Å². The zero-order chi connectivity index (χ0) is 14.0. The molecule has 0 radical (unpaired) electrons. The largest absolute Gasteiger partial charge is 0.484 e. The van der Waals surface area contributed by atoms with E-state index in [1.54, 1.807) is 6.07 Å². The molecule has 0 unspecified atom stereocenters. The van der Waals surface area contributed by atoms with Gasteiger partial charge in [0, 0.05) is 10.4 Å². The van der Waals surface area contributed by atoms with Crippen LogP contribution in [0, 0.1) is 6.92 Å². The number of aryl methyl sites for hydroxylation is 1.